The Bertz CT molecular complexity index is 546. The molecule has 1 atom stereocenters. The summed E-state index contributed by atoms with van der Waals surface area (Å²) in [7, 11) is 0. The van der Waals surface area contributed by atoms with Crippen molar-refractivity contribution in [3.05, 3.63) is 24.3 Å². The summed E-state index contributed by atoms with van der Waals surface area (Å²) in [6, 6.07) is 5.84. The zero-order valence-corrected chi connectivity index (χ0v) is 10.9. The van der Waals surface area contributed by atoms with Crippen LogP contribution >= 0.6 is 0 Å². The molecule has 1 heterocycles. The van der Waals surface area contributed by atoms with Gasteiger partial charge in [-0.3, -0.25) is 9.59 Å². The predicted molar refractivity (Wildman–Crippen MR) is 67.7 cm³/mol. The fourth-order valence-corrected chi connectivity index (χ4v) is 1.88. The van der Waals surface area contributed by atoms with Gasteiger partial charge in [-0.15, -0.1) is 0 Å². The van der Waals surface area contributed by atoms with E-state index in [9.17, 15) is 22.8 Å². The van der Waals surface area contributed by atoms with Crippen molar-refractivity contribution >= 4 is 17.5 Å². The number of amides is 2. The van der Waals surface area contributed by atoms with Gasteiger partial charge in [-0.05, 0) is 12.1 Å². The van der Waals surface area contributed by atoms with Crippen molar-refractivity contribution in [2.45, 2.75) is 12.6 Å². The third kappa shape index (κ3) is 4.37. The van der Waals surface area contributed by atoms with Gasteiger partial charge in [0.15, 0.2) is 6.61 Å². The average molecular weight is 302 g/mol. The largest absolute Gasteiger partial charge is 0.482 e. The smallest absolute Gasteiger partial charge is 0.422 e. The first-order valence-electron chi connectivity index (χ1n) is 6.21. The van der Waals surface area contributed by atoms with Crippen LogP contribution in [0.1, 0.15) is 6.42 Å². The van der Waals surface area contributed by atoms with Crippen LogP contribution in [0.2, 0.25) is 0 Å². The molecule has 0 spiro atoms. The van der Waals surface area contributed by atoms with Gasteiger partial charge in [-0.25, -0.2) is 0 Å². The molecule has 8 heteroatoms. The normalized spacial score (nSPS) is 18.2. The molecule has 0 aliphatic carbocycles. The summed E-state index contributed by atoms with van der Waals surface area (Å²) in [6.07, 6.45) is -4.39. The Morgan fingerprint density at radius 3 is 2.71 bits per heavy atom. The minimum Gasteiger partial charge on any atom is -0.482 e. The van der Waals surface area contributed by atoms with Crippen LogP contribution in [0.4, 0.5) is 18.9 Å². The van der Waals surface area contributed by atoms with Gasteiger partial charge in [0.1, 0.15) is 5.75 Å². The predicted octanol–water partition coefficient (Wildman–Crippen LogP) is 1.70. The highest BCUT2D eigenvalue weighted by Gasteiger charge is 2.30. The molecule has 1 aliphatic heterocycles. The fraction of sp³-hybridized carbons (Fsp3) is 0.385. The van der Waals surface area contributed by atoms with E-state index in [1.165, 1.54) is 18.2 Å². The number of anilines is 1. The van der Waals surface area contributed by atoms with E-state index in [0.29, 0.717) is 0 Å². The monoisotopic (exact) mass is 302 g/mol. The Morgan fingerprint density at radius 1 is 1.38 bits per heavy atom. The van der Waals surface area contributed by atoms with Gasteiger partial charge in [-0.1, -0.05) is 12.1 Å². The number of rotatable bonds is 4. The summed E-state index contributed by atoms with van der Waals surface area (Å²) < 4.78 is 41.2. The molecule has 2 amide bonds. The molecule has 1 saturated heterocycles. The second-order valence-corrected chi connectivity index (χ2v) is 4.59. The number of halogens is 3. The lowest BCUT2D eigenvalue weighted by Gasteiger charge is -2.15. The van der Waals surface area contributed by atoms with Crippen molar-refractivity contribution in [3.63, 3.8) is 0 Å². The van der Waals surface area contributed by atoms with Gasteiger partial charge in [0.2, 0.25) is 11.8 Å². The first-order chi connectivity index (χ1) is 9.85. The van der Waals surface area contributed by atoms with E-state index in [0.717, 1.165) is 0 Å². The molecule has 2 rings (SSSR count). The highest BCUT2D eigenvalue weighted by molar-refractivity contribution is 5.98. The lowest BCUT2D eigenvalue weighted by Crippen LogP contribution is -2.25. The third-order valence-electron chi connectivity index (χ3n) is 2.88. The van der Waals surface area contributed by atoms with Crippen molar-refractivity contribution in [1.82, 2.24) is 5.32 Å². The number of nitrogens with one attached hydrogen (secondary N) is 2. The summed E-state index contributed by atoms with van der Waals surface area (Å²) in [4.78, 5) is 23.0. The van der Waals surface area contributed by atoms with Crippen LogP contribution in [-0.2, 0) is 9.59 Å². The van der Waals surface area contributed by atoms with E-state index in [1.54, 1.807) is 6.07 Å². The highest BCUT2D eigenvalue weighted by atomic mass is 19.4. The van der Waals surface area contributed by atoms with Crippen LogP contribution in [0.5, 0.6) is 5.75 Å². The van der Waals surface area contributed by atoms with Gasteiger partial charge in [-0.2, -0.15) is 13.2 Å². The van der Waals surface area contributed by atoms with Gasteiger partial charge in [0, 0.05) is 13.0 Å². The molecule has 1 aliphatic rings. The maximum absolute atomic E-state index is 12.2. The maximum atomic E-state index is 12.2. The summed E-state index contributed by atoms with van der Waals surface area (Å²) in [5.74, 6) is -1.26. The number of benzene rings is 1. The summed E-state index contributed by atoms with van der Waals surface area (Å²) >= 11 is 0. The SMILES string of the molecule is O=C1CC(C(=O)Nc2ccccc2OCC(F)(F)F)CN1. The van der Waals surface area contributed by atoms with Crippen molar-refractivity contribution < 1.29 is 27.5 Å². The van der Waals surface area contributed by atoms with Crippen molar-refractivity contribution in [1.29, 1.82) is 0 Å². The van der Waals surface area contributed by atoms with Crippen LogP contribution in [0.25, 0.3) is 0 Å². The lowest BCUT2D eigenvalue weighted by atomic mass is 10.1. The molecule has 21 heavy (non-hydrogen) atoms. The van der Waals surface area contributed by atoms with E-state index in [2.05, 4.69) is 15.4 Å². The first-order valence-corrected chi connectivity index (χ1v) is 6.21. The Labute approximate surface area is 118 Å². The molecule has 1 aromatic carbocycles. The average Bonchev–Trinajstić information content (AvgIpc) is 2.83. The number of carbonyl (C=O) groups excluding carboxylic acids is 2. The molecule has 2 N–H and O–H groups in total. The van der Waals surface area contributed by atoms with Crippen molar-refractivity contribution in [3.8, 4) is 5.75 Å². The number of hydrogen-bond donors (Lipinski definition) is 2. The van der Waals surface area contributed by atoms with Gasteiger partial charge in [0.25, 0.3) is 0 Å². The third-order valence-corrected chi connectivity index (χ3v) is 2.88. The molecule has 1 unspecified atom stereocenters. The molecule has 0 radical (unpaired) electrons. The molecule has 1 fully saturated rings. The van der Waals surface area contributed by atoms with Crippen LogP contribution in [0, 0.1) is 5.92 Å². The van der Waals surface area contributed by atoms with E-state index < -0.39 is 24.6 Å². The van der Waals surface area contributed by atoms with Crippen molar-refractivity contribution in [2.24, 2.45) is 5.92 Å². The minimum atomic E-state index is -4.46. The number of ether oxygens (including phenoxy) is 1. The van der Waals surface area contributed by atoms with Crippen LogP contribution in [0.15, 0.2) is 24.3 Å². The Kier molecular flexibility index (Phi) is 4.35. The summed E-state index contributed by atoms with van der Waals surface area (Å²) in [5, 5.41) is 5.00. The molecular formula is C13H13F3N2O3. The standard InChI is InChI=1S/C13H13F3N2O3/c14-13(15,16)7-21-10-4-2-1-3-9(10)18-12(20)8-5-11(19)17-6-8/h1-4,8H,5-7H2,(H,17,19)(H,18,20). The lowest BCUT2D eigenvalue weighted by molar-refractivity contribution is -0.153. The number of alkyl halides is 3. The van der Waals surface area contributed by atoms with E-state index in [1.807, 2.05) is 0 Å². The van der Waals surface area contributed by atoms with Gasteiger partial charge in [0.05, 0.1) is 11.6 Å². The molecule has 114 valence electrons. The molecule has 0 saturated carbocycles. The van der Waals surface area contributed by atoms with E-state index >= 15 is 0 Å². The summed E-state index contributed by atoms with van der Waals surface area (Å²) in [5.41, 5.74) is 0.145. The Balaban J connectivity index is 2.02. The van der Waals surface area contributed by atoms with Crippen molar-refractivity contribution in [2.75, 3.05) is 18.5 Å². The molecule has 5 nitrogen and oxygen atoms in total. The zero-order valence-electron chi connectivity index (χ0n) is 10.9. The quantitative estimate of drug-likeness (QED) is 0.889. The molecular weight excluding hydrogens is 289 g/mol. The van der Waals surface area contributed by atoms with Crippen LogP contribution < -0.4 is 15.4 Å². The van der Waals surface area contributed by atoms with E-state index in [4.69, 9.17) is 0 Å². The minimum absolute atomic E-state index is 0.0669. The van der Waals surface area contributed by atoms with Gasteiger partial charge >= 0.3 is 6.18 Å². The topological polar surface area (TPSA) is 67.4 Å². The van der Waals surface area contributed by atoms with Crippen LogP contribution in [0.3, 0.4) is 0 Å². The Hall–Kier alpha value is -2.25. The maximum Gasteiger partial charge on any atom is 0.422 e. The zero-order chi connectivity index (χ0) is 15.5. The van der Waals surface area contributed by atoms with Gasteiger partial charge < -0.3 is 15.4 Å². The molecule has 0 bridgehead atoms. The number of hydrogen-bond acceptors (Lipinski definition) is 3. The second kappa shape index (κ2) is 6.02. The highest BCUT2D eigenvalue weighted by Crippen LogP contribution is 2.27. The van der Waals surface area contributed by atoms with Crippen LogP contribution in [-0.4, -0.2) is 31.1 Å². The number of para-hydroxylation sites is 2. The van der Waals surface area contributed by atoms with E-state index in [-0.39, 0.29) is 30.3 Å². The fourth-order valence-electron chi connectivity index (χ4n) is 1.88. The number of carbonyl (C=O) groups is 2. The molecule has 0 aromatic heterocycles. The second-order valence-electron chi connectivity index (χ2n) is 4.59. The first kappa shape index (κ1) is 15.1. The Morgan fingerprint density at radius 2 is 2.10 bits per heavy atom. The summed E-state index contributed by atoms with van der Waals surface area (Å²) in [6.45, 7) is -1.22. The molecule has 1 aromatic rings.